The Morgan fingerprint density at radius 2 is 1.75 bits per heavy atom. The predicted octanol–water partition coefficient (Wildman–Crippen LogP) is 4.82. The number of carbonyl (C=O) groups is 1. The quantitative estimate of drug-likeness (QED) is 0.386. The first-order chi connectivity index (χ1) is 17.4. The van der Waals surface area contributed by atoms with Gasteiger partial charge in [-0.1, -0.05) is 36.4 Å². The van der Waals surface area contributed by atoms with Crippen molar-refractivity contribution in [2.75, 3.05) is 19.4 Å². The van der Waals surface area contributed by atoms with Crippen molar-refractivity contribution in [2.45, 2.75) is 11.4 Å². The van der Waals surface area contributed by atoms with Crippen molar-refractivity contribution in [2.24, 2.45) is 0 Å². The van der Waals surface area contributed by atoms with Crippen molar-refractivity contribution in [3.8, 4) is 16.9 Å². The Morgan fingerprint density at radius 1 is 0.972 bits per heavy atom. The standard InChI is InChI=1S/C28H23N3O4S/c1-36(33,34)27-11-8-23(21-4-2-3-5-22(21)27)28(32)31-12-13-35-26-10-7-18(14-20(26)16-31)19-6-9-24-25(15-19)30-17-29-24/h2-11,14-15,17H,12-13,16H2,1H3,(H,29,30). The summed E-state index contributed by atoms with van der Waals surface area (Å²) in [6.07, 6.45) is 2.86. The number of nitrogens with zero attached hydrogens (tertiary/aromatic N) is 2. The number of hydrogen-bond donors (Lipinski definition) is 1. The lowest BCUT2D eigenvalue weighted by Crippen LogP contribution is -2.32. The highest BCUT2D eigenvalue weighted by atomic mass is 32.2. The van der Waals surface area contributed by atoms with Gasteiger partial charge in [-0.3, -0.25) is 4.79 Å². The molecule has 0 radical (unpaired) electrons. The molecular formula is C28H23N3O4S. The minimum atomic E-state index is -3.43. The van der Waals surface area contributed by atoms with E-state index >= 15 is 0 Å². The lowest BCUT2D eigenvalue weighted by atomic mass is 10.0. The molecule has 1 N–H and O–H groups in total. The number of imidazole rings is 1. The highest BCUT2D eigenvalue weighted by molar-refractivity contribution is 7.91. The zero-order chi connectivity index (χ0) is 24.9. The number of H-pyrrole nitrogens is 1. The molecule has 1 aromatic heterocycles. The van der Waals surface area contributed by atoms with E-state index in [-0.39, 0.29) is 10.8 Å². The first-order valence-corrected chi connectivity index (χ1v) is 13.5. The maximum Gasteiger partial charge on any atom is 0.254 e. The number of aromatic nitrogens is 2. The molecule has 0 saturated carbocycles. The lowest BCUT2D eigenvalue weighted by Gasteiger charge is -2.21. The highest BCUT2D eigenvalue weighted by Crippen LogP contribution is 2.32. The van der Waals surface area contributed by atoms with E-state index in [0.29, 0.717) is 36.0 Å². The third-order valence-corrected chi connectivity index (χ3v) is 7.75. The van der Waals surface area contributed by atoms with Gasteiger partial charge < -0.3 is 14.6 Å². The van der Waals surface area contributed by atoms with Gasteiger partial charge in [0, 0.05) is 29.3 Å². The Kier molecular flexibility index (Phi) is 5.26. The summed E-state index contributed by atoms with van der Waals surface area (Å²) in [6.45, 7) is 1.18. The van der Waals surface area contributed by atoms with Crippen LogP contribution in [0.3, 0.4) is 0 Å². The molecular weight excluding hydrogens is 474 g/mol. The minimum absolute atomic E-state index is 0.160. The number of amides is 1. The summed E-state index contributed by atoms with van der Waals surface area (Å²) in [7, 11) is -3.43. The van der Waals surface area contributed by atoms with Crippen molar-refractivity contribution < 1.29 is 17.9 Å². The topological polar surface area (TPSA) is 92.4 Å². The van der Waals surface area contributed by atoms with Crippen LogP contribution in [0.4, 0.5) is 0 Å². The Labute approximate surface area is 208 Å². The number of hydrogen-bond acceptors (Lipinski definition) is 5. The second kappa shape index (κ2) is 8.49. The van der Waals surface area contributed by atoms with E-state index in [1.165, 1.54) is 12.3 Å². The van der Waals surface area contributed by atoms with Crippen LogP contribution in [-0.4, -0.2) is 48.6 Å². The maximum absolute atomic E-state index is 13.7. The second-order valence-corrected chi connectivity index (χ2v) is 10.9. The van der Waals surface area contributed by atoms with Crippen molar-refractivity contribution in [1.29, 1.82) is 0 Å². The first-order valence-electron chi connectivity index (χ1n) is 11.6. The SMILES string of the molecule is CS(=O)(=O)c1ccc(C(=O)N2CCOc3ccc(-c4ccc5nc[nH]c5c4)cc3C2)c2ccccc12. The molecule has 1 aliphatic heterocycles. The number of fused-ring (bicyclic) bond motifs is 3. The summed E-state index contributed by atoms with van der Waals surface area (Å²) in [6, 6.07) is 22.4. The molecule has 5 aromatic rings. The predicted molar refractivity (Wildman–Crippen MR) is 139 cm³/mol. The largest absolute Gasteiger partial charge is 0.491 e. The number of sulfone groups is 1. The molecule has 1 aliphatic rings. The number of nitrogens with one attached hydrogen (secondary N) is 1. The molecule has 36 heavy (non-hydrogen) atoms. The maximum atomic E-state index is 13.7. The molecule has 0 fully saturated rings. The average Bonchev–Trinajstić information content (AvgIpc) is 3.24. The third kappa shape index (κ3) is 3.89. The van der Waals surface area contributed by atoms with Gasteiger partial charge >= 0.3 is 0 Å². The van der Waals surface area contributed by atoms with Gasteiger partial charge in [0.2, 0.25) is 0 Å². The zero-order valence-corrected chi connectivity index (χ0v) is 20.4. The summed E-state index contributed by atoms with van der Waals surface area (Å²) < 4.78 is 30.6. The number of aromatic amines is 1. The van der Waals surface area contributed by atoms with Gasteiger partial charge in [0.05, 0.1) is 28.8 Å². The van der Waals surface area contributed by atoms with Crippen LogP contribution in [-0.2, 0) is 16.4 Å². The van der Waals surface area contributed by atoms with Gasteiger partial charge in [-0.15, -0.1) is 0 Å². The van der Waals surface area contributed by atoms with Crippen LogP contribution < -0.4 is 4.74 Å². The molecule has 1 amide bonds. The summed E-state index contributed by atoms with van der Waals surface area (Å²) in [5.74, 6) is 0.598. The van der Waals surface area contributed by atoms with Crippen LogP contribution >= 0.6 is 0 Å². The van der Waals surface area contributed by atoms with Crippen LogP contribution in [0.2, 0.25) is 0 Å². The van der Waals surface area contributed by atoms with Crippen LogP contribution in [0.5, 0.6) is 5.75 Å². The lowest BCUT2D eigenvalue weighted by molar-refractivity contribution is 0.0735. The Morgan fingerprint density at radius 3 is 2.58 bits per heavy atom. The van der Waals surface area contributed by atoms with Gasteiger partial charge in [0.1, 0.15) is 12.4 Å². The van der Waals surface area contributed by atoms with E-state index in [1.807, 2.05) is 30.3 Å². The number of carbonyl (C=O) groups excluding carboxylic acids is 1. The van der Waals surface area contributed by atoms with Crippen molar-refractivity contribution in [3.63, 3.8) is 0 Å². The summed E-state index contributed by atoms with van der Waals surface area (Å²) in [5, 5.41) is 1.17. The van der Waals surface area contributed by atoms with Crippen molar-refractivity contribution in [3.05, 3.63) is 90.3 Å². The molecule has 2 heterocycles. The van der Waals surface area contributed by atoms with Crippen LogP contribution in [0.15, 0.2) is 84.0 Å². The van der Waals surface area contributed by atoms with Gasteiger partial charge in [-0.2, -0.15) is 0 Å². The number of rotatable bonds is 3. The average molecular weight is 498 g/mol. The molecule has 0 unspecified atom stereocenters. The van der Waals surface area contributed by atoms with E-state index < -0.39 is 9.84 Å². The molecule has 0 spiro atoms. The Bertz CT molecular complexity index is 1760. The summed E-state index contributed by atoms with van der Waals surface area (Å²) in [4.78, 5) is 23.1. The fourth-order valence-corrected chi connectivity index (χ4v) is 5.71. The van der Waals surface area contributed by atoms with Crippen molar-refractivity contribution >= 4 is 37.6 Å². The summed E-state index contributed by atoms with van der Waals surface area (Å²) in [5.41, 5.74) is 5.32. The third-order valence-electron chi connectivity index (χ3n) is 6.60. The first kappa shape index (κ1) is 22.3. The van der Waals surface area contributed by atoms with Crippen molar-refractivity contribution in [1.82, 2.24) is 14.9 Å². The molecule has 0 bridgehead atoms. The fourth-order valence-electron chi connectivity index (χ4n) is 4.81. The van der Waals surface area contributed by atoms with Gasteiger partial charge in [-0.05, 0) is 52.9 Å². The minimum Gasteiger partial charge on any atom is -0.491 e. The second-order valence-electron chi connectivity index (χ2n) is 8.96. The van der Waals surface area contributed by atoms with Gasteiger partial charge in [-0.25, -0.2) is 13.4 Å². The Balaban J connectivity index is 1.36. The van der Waals surface area contributed by atoms with Gasteiger partial charge in [0.15, 0.2) is 9.84 Å². The monoisotopic (exact) mass is 497 g/mol. The van der Waals surface area contributed by atoms with E-state index in [2.05, 4.69) is 22.1 Å². The molecule has 8 heteroatoms. The number of benzene rings is 4. The normalized spacial score (nSPS) is 13.9. The smallest absolute Gasteiger partial charge is 0.254 e. The Hall–Kier alpha value is -4.17. The molecule has 180 valence electrons. The fraction of sp³-hybridized carbons (Fsp3) is 0.143. The molecule has 0 saturated heterocycles. The van der Waals surface area contributed by atoms with Crippen LogP contribution in [0.1, 0.15) is 15.9 Å². The summed E-state index contributed by atoms with van der Waals surface area (Å²) >= 11 is 0. The molecule has 7 nitrogen and oxygen atoms in total. The van der Waals surface area contributed by atoms with E-state index in [0.717, 1.165) is 33.5 Å². The van der Waals surface area contributed by atoms with Crippen LogP contribution in [0.25, 0.3) is 32.9 Å². The van der Waals surface area contributed by atoms with Gasteiger partial charge in [0.25, 0.3) is 5.91 Å². The molecule has 4 aromatic carbocycles. The van der Waals surface area contributed by atoms with Crippen LogP contribution in [0, 0.1) is 0 Å². The van der Waals surface area contributed by atoms with E-state index in [1.54, 1.807) is 35.5 Å². The van der Waals surface area contributed by atoms with E-state index in [4.69, 9.17) is 4.74 Å². The highest BCUT2D eigenvalue weighted by Gasteiger charge is 2.24. The molecule has 0 atom stereocenters. The number of ether oxygens (including phenoxy) is 1. The molecule has 0 aliphatic carbocycles. The van der Waals surface area contributed by atoms with E-state index in [9.17, 15) is 13.2 Å². The zero-order valence-electron chi connectivity index (χ0n) is 19.6. The molecule has 6 rings (SSSR count).